The molecule has 0 fully saturated rings. The highest BCUT2D eigenvalue weighted by Crippen LogP contribution is 2.23. The molecule has 0 N–H and O–H groups in total. The van der Waals surface area contributed by atoms with E-state index in [1.54, 1.807) is 11.8 Å². The van der Waals surface area contributed by atoms with E-state index < -0.39 is 0 Å². The van der Waals surface area contributed by atoms with Gasteiger partial charge in [-0.1, -0.05) is 61.5 Å². The number of rotatable bonds is 5. The second-order valence-electron chi connectivity index (χ2n) is 5.65. The number of oxime groups is 1. The molecule has 0 amide bonds. The van der Waals surface area contributed by atoms with Crippen molar-refractivity contribution in [3.63, 3.8) is 0 Å². The van der Waals surface area contributed by atoms with Gasteiger partial charge >= 0.3 is 0 Å². The molecule has 5 heteroatoms. The first-order valence-corrected chi connectivity index (χ1v) is 8.84. The maximum absolute atomic E-state index is 5.65. The van der Waals surface area contributed by atoms with Gasteiger partial charge in [-0.25, -0.2) is 4.98 Å². The Morgan fingerprint density at radius 3 is 2.58 bits per heavy atom. The predicted molar refractivity (Wildman–Crippen MR) is 100 cm³/mol. The quantitative estimate of drug-likeness (QED) is 0.377. The van der Waals surface area contributed by atoms with Crippen molar-refractivity contribution in [3.8, 4) is 5.88 Å². The number of para-hydroxylation sites is 1. The summed E-state index contributed by atoms with van der Waals surface area (Å²) in [6.07, 6.45) is 1.50. The molecule has 0 aliphatic rings. The largest absolute Gasteiger partial charge is 0.335 e. The maximum Gasteiger partial charge on any atom is 0.259 e. The molecule has 0 aliphatic heterocycles. The van der Waals surface area contributed by atoms with Gasteiger partial charge in [-0.3, -0.25) is 0 Å². The number of nitrogens with zero attached hydrogens (tertiary/aromatic N) is 3. The van der Waals surface area contributed by atoms with E-state index >= 15 is 0 Å². The van der Waals surface area contributed by atoms with Gasteiger partial charge < -0.3 is 4.84 Å². The summed E-state index contributed by atoms with van der Waals surface area (Å²) in [6, 6.07) is 18.1. The summed E-state index contributed by atoms with van der Waals surface area (Å²) in [6.45, 7) is 4.22. The van der Waals surface area contributed by atoms with Crippen molar-refractivity contribution >= 4 is 27.7 Å². The summed E-state index contributed by atoms with van der Waals surface area (Å²) >= 11 is 1.69. The number of thioether (sulfide) groups is 1. The Hall–Kier alpha value is -2.40. The van der Waals surface area contributed by atoms with Crippen LogP contribution in [0.2, 0.25) is 0 Å². The number of hydrogen-bond acceptors (Lipinski definition) is 5. The third-order valence-electron chi connectivity index (χ3n) is 3.45. The standard InChI is InChI=1S/C19H19N3OS/c1-14(2)19(24-12-15-8-4-3-5-9-15)22-23-18-16-10-6-7-11-17(16)20-13-21-18/h3-11,13-14H,12H2,1-2H3/b22-19-. The van der Waals surface area contributed by atoms with Gasteiger partial charge in [-0.2, -0.15) is 4.98 Å². The van der Waals surface area contributed by atoms with Crippen LogP contribution in [-0.4, -0.2) is 15.0 Å². The van der Waals surface area contributed by atoms with E-state index in [4.69, 9.17) is 4.84 Å². The number of benzene rings is 2. The summed E-state index contributed by atoms with van der Waals surface area (Å²) in [5, 5.41) is 6.15. The molecule has 0 bridgehead atoms. The lowest BCUT2D eigenvalue weighted by atomic mass is 10.2. The second-order valence-corrected chi connectivity index (χ2v) is 6.64. The van der Waals surface area contributed by atoms with E-state index in [9.17, 15) is 0 Å². The van der Waals surface area contributed by atoms with E-state index in [1.165, 1.54) is 11.9 Å². The Bertz CT molecular complexity index is 829. The van der Waals surface area contributed by atoms with Crippen LogP contribution in [0.1, 0.15) is 19.4 Å². The highest BCUT2D eigenvalue weighted by molar-refractivity contribution is 8.13. The average Bonchev–Trinajstić information content (AvgIpc) is 2.62. The fraction of sp³-hybridized carbons (Fsp3) is 0.211. The molecule has 0 saturated heterocycles. The molecule has 3 aromatic rings. The zero-order valence-electron chi connectivity index (χ0n) is 13.7. The first-order chi connectivity index (χ1) is 11.7. The molecule has 3 rings (SSSR count). The van der Waals surface area contributed by atoms with Crippen molar-refractivity contribution in [1.82, 2.24) is 9.97 Å². The Balaban J connectivity index is 1.76. The van der Waals surface area contributed by atoms with Gasteiger partial charge in [-0.05, 0) is 17.7 Å². The molecule has 0 saturated carbocycles. The smallest absolute Gasteiger partial charge is 0.259 e. The van der Waals surface area contributed by atoms with Crippen LogP contribution in [0.15, 0.2) is 66.1 Å². The molecule has 0 unspecified atom stereocenters. The predicted octanol–water partition coefficient (Wildman–Crippen LogP) is 4.91. The molecule has 1 heterocycles. The van der Waals surface area contributed by atoms with Crippen LogP contribution in [0.4, 0.5) is 0 Å². The highest BCUT2D eigenvalue weighted by atomic mass is 32.2. The lowest BCUT2D eigenvalue weighted by Crippen LogP contribution is -2.06. The van der Waals surface area contributed by atoms with Gasteiger partial charge in [0.1, 0.15) is 11.4 Å². The van der Waals surface area contributed by atoms with Gasteiger partial charge in [-0.15, -0.1) is 11.8 Å². The first kappa shape index (κ1) is 16.5. The van der Waals surface area contributed by atoms with Gasteiger partial charge in [0.05, 0.1) is 10.9 Å². The molecule has 0 atom stereocenters. The summed E-state index contributed by atoms with van der Waals surface area (Å²) in [7, 11) is 0. The van der Waals surface area contributed by atoms with Crippen LogP contribution < -0.4 is 4.84 Å². The molecule has 1 aromatic heterocycles. The average molecular weight is 337 g/mol. The van der Waals surface area contributed by atoms with Crippen molar-refractivity contribution in [3.05, 3.63) is 66.5 Å². The fourth-order valence-corrected chi connectivity index (χ4v) is 3.10. The molecule has 0 aliphatic carbocycles. The zero-order chi connectivity index (χ0) is 16.8. The van der Waals surface area contributed by atoms with Crippen molar-refractivity contribution in [1.29, 1.82) is 0 Å². The minimum Gasteiger partial charge on any atom is -0.335 e. The van der Waals surface area contributed by atoms with Crippen molar-refractivity contribution in [2.45, 2.75) is 19.6 Å². The number of aromatic nitrogens is 2. The highest BCUT2D eigenvalue weighted by Gasteiger charge is 2.10. The molecule has 2 aromatic carbocycles. The number of fused-ring (bicyclic) bond motifs is 1. The third-order valence-corrected chi connectivity index (χ3v) is 4.77. The van der Waals surface area contributed by atoms with Gasteiger partial charge in [0.15, 0.2) is 0 Å². The van der Waals surface area contributed by atoms with Gasteiger partial charge in [0, 0.05) is 11.7 Å². The molecule has 4 nitrogen and oxygen atoms in total. The molecular formula is C19H19N3OS. The van der Waals surface area contributed by atoms with E-state index in [0.717, 1.165) is 21.7 Å². The van der Waals surface area contributed by atoms with Gasteiger partial charge in [0.2, 0.25) is 0 Å². The minimum atomic E-state index is 0.284. The lowest BCUT2D eigenvalue weighted by molar-refractivity contribution is 0.330. The molecular weight excluding hydrogens is 318 g/mol. The monoisotopic (exact) mass is 337 g/mol. The Morgan fingerprint density at radius 2 is 1.79 bits per heavy atom. The van der Waals surface area contributed by atoms with E-state index in [0.29, 0.717) is 5.88 Å². The van der Waals surface area contributed by atoms with E-state index in [2.05, 4.69) is 41.1 Å². The van der Waals surface area contributed by atoms with Crippen LogP contribution in [0.3, 0.4) is 0 Å². The molecule has 24 heavy (non-hydrogen) atoms. The summed E-state index contributed by atoms with van der Waals surface area (Å²) in [5.74, 6) is 1.64. The topological polar surface area (TPSA) is 47.4 Å². The maximum atomic E-state index is 5.65. The van der Waals surface area contributed by atoms with Crippen LogP contribution in [0.5, 0.6) is 5.88 Å². The first-order valence-electron chi connectivity index (χ1n) is 7.85. The normalized spacial score (nSPS) is 11.9. The zero-order valence-corrected chi connectivity index (χ0v) is 14.5. The van der Waals surface area contributed by atoms with Crippen LogP contribution in [0, 0.1) is 5.92 Å². The Kier molecular flexibility index (Phi) is 5.43. The van der Waals surface area contributed by atoms with E-state index in [1.807, 2.05) is 42.5 Å². The Labute approximate surface area is 146 Å². The summed E-state index contributed by atoms with van der Waals surface area (Å²) in [5.41, 5.74) is 2.11. The molecule has 122 valence electrons. The third kappa shape index (κ3) is 4.11. The van der Waals surface area contributed by atoms with Crippen molar-refractivity contribution in [2.75, 3.05) is 0 Å². The fourth-order valence-electron chi connectivity index (χ4n) is 2.17. The minimum absolute atomic E-state index is 0.284. The molecule has 0 radical (unpaired) electrons. The molecule has 0 spiro atoms. The van der Waals surface area contributed by atoms with Crippen LogP contribution in [-0.2, 0) is 5.75 Å². The SMILES string of the molecule is CC(C)/C(=N/Oc1ncnc2ccccc12)SCc1ccccc1. The van der Waals surface area contributed by atoms with Gasteiger partial charge in [0.25, 0.3) is 5.88 Å². The van der Waals surface area contributed by atoms with Crippen molar-refractivity contribution < 1.29 is 4.84 Å². The van der Waals surface area contributed by atoms with Crippen LogP contribution in [0.25, 0.3) is 10.9 Å². The Morgan fingerprint density at radius 1 is 1.04 bits per heavy atom. The number of hydrogen-bond donors (Lipinski definition) is 0. The van der Waals surface area contributed by atoms with Crippen LogP contribution >= 0.6 is 11.8 Å². The van der Waals surface area contributed by atoms with Crippen molar-refractivity contribution in [2.24, 2.45) is 11.1 Å². The lowest BCUT2D eigenvalue weighted by Gasteiger charge is -2.09. The summed E-state index contributed by atoms with van der Waals surface area (Å²) in [4.78, 5) is 14.1. The summed E-state index contributed by atoms with van der Waals surface area (Å²) < 4.78 is 0. The second kappa shape index (κ2) is 7.93. The van der Waals surface area contributed by atoms with E-state index in [-0.39, 0.29) is 5.92 Å².